The third-order valence-electron chi connectivity index (χ3n) is 3.73. The molecule has 0 aliphatic heterocycles. The van der Waals surface area contributed by atoms with Crippen LogP contribution in [0.4, 0.5) is 8.78 Å². The molecule has 22 heavy (non-hydrogen) atoms. The van der Waals surface area contributed by atoms with Crippen LogP contribution in [-0.2, 0) is 0 Å². The van der Waals surface area contributed by atoms with E-state index in [9.17, 15) is 13.6 Å². The normalized spacial score (nSPS) is 15.4. The lowest BCUT2D eigenvalue weighted by Gasteiger charge is -2.19. The molecule has 0 aromatic heterocycles. The minimum Gasteiger partial charge on any atom is -0.345 e. The summed E-state index contributed by atoms with van der Waals surface area (Å²) in [6.07, 6.45) is 2.04. The minimum absolute atomic E-state index is 0.0166. The molecular formula is C17H14ClF2NO. The Labute approximate surface area is 132 Å². The Bertz CT molecular complexity index is 678. The first kappa shape index (κ1) is 15.0. The van der Waals surface area contributed by atoms with Gasteiger partial charge < -0.3 is 5.32 Å². The molecule has 1 aliphatic rings. The van der Waals surface area contributed by atoms with E-state index < -0.39 is 17.5 Å². The molecule has 0 saturated heterocycles. The van der Waals surface area contributed by atoms with Gasteiger partial charge in [0.25, 0.3) is 5.91 Å². The Morgan fingerprint density at radius 1 is 1.09 bits per heavy atom. The number of rotatable bonds is 4. The number of hydrogen-bond acceptors (Lipinski definition) is 1. The Hall–Kier alpha value is -1.94. The van der Waals surface area contributed by atoms with Gasteiger partial charge in [0, 0.05) is 16.7 Å². The quantitative estimate of drug-likeness (QED) is 0.882. The monoisotopic (exact) mass is 321 g/mol. The van der Waals surface area contributed by atoms with Crippen LogP contribution in [0, 0.1) is 17.6 Å². The van der Waals surface area contributed by atoms with E-state index in [1.807, 2.05) is 12.1 Å². The van der Waals surface area contributed by atoms with Gasteiger partial charge in [0.1, 0.15) is 11.6 Å². The van der Waals surface area contributed by atoms with E-state index in [0.29, 0.717) is 10.9 Å². The number of benzene rings is 2. The predicted octanol–water partition coefficient (Wildman–Crippen LogP) is 4.50. The standard InChI is InChI=1S/C17H14ClF2NO/c18-13-5-3-11(4-6-13)16(10-1-2-10)21-17(22)12-7-14(19)9-15(20)8-12/h3-10,16H,1-2H2,(H,21,22)/t16-/m0/s1. The van der Waals surface area contributed by atoms with Crippen molar-refractivity contribution in [3.05, 3.63) is 70.2 Å². The van der Waals surface area contributed by atoms with Gasteiger partial charge in [0.2, 0.25) is 0 Å². The molecule has 5 heteroatoms. The SMILES string of the molecule is O=C(N[C@H](c1ccc(Cl)cc1)C1CC1)c1cc(F)cc(F)c1. The molecule has 1 atom stereocenters. The van der Waals surface area contributed by atoms with E-state index in [-0.39, 0.29) is 11.6 Å². The van der Waals surface area contributed by atoms with Gasteiger partial charge in [-0.2, -0.15) is 0 Å². The summed E-state index contributed by atoms with van der Waals surface area (Å²) in [5, 5.41) is 3.49. The molecule has 0 bridgehead atoms. The van der Waals surface area contributed by atoms with Crippen LogP contribution in [0.1, 0.15) is 34.8 Å². The van der Waals surface area contributed by atoms with Gasteiger partial charge >= 0.3 is 0 Å². The summed E-state index contributed by atoms with van der Waals surface area (Å²) in [4.78, 5) is 12.3. The maximum atomic E-state index is 13.2. The average Bonchev–Trinajstić information content (AvgIpc) is 3.29. The van der Waals surface area contributed by atoms with Crippen LogP contribution in [0.25, 0.3) is 0 Å². The Morgan fingerprint density at radius 3 is 2.23 bits per heavy atom. The second-order valence-corrected chi connectivity index (χ2v) is 5.93. The molecule has 1 fully saturated rings. The van der Waals surface area contributed by atoms with E-state index in [2.05, 4.69) is 5.32 Å². The molecule has 1 N–H and O–H groups in total. The molecule has 0 heterocycles. The fourth-order valence-corrected chi connectivity index (χ4v) is 2.61. The largest absolute Gasteiger partial charge is 0.345 e. The number of hydrogen-bond donors (Lipinski definition) is 1. The summed E-state index contributed by atoms with van der Waals surface area (Å²) in [5.41, 5.74) is 0.925. The van der Waals surface area contributed by atoms with Gasteiger partial charge in [-0.25, -0.2) is 8.78 Å². The molecule has 2 nitrogen and oxygen atoms in total. The summed E-state index contributed by atoms with van der Waals surface area (Å²) in [6.45, 7) is 0. The highest BCUT2D eigenvalue weighted by molar-refractivity contribution is 6.30. The van der Waals surface area contributed by atoms with Crippen molar-refractivity contribution in [2.24, 2.45) is 5.92 Å². The molecule has 1 aliphatic carbocycles. The fraction of sp³-hybridized carbons (Fsp3) is 0.235. The van der Waals surface area contributed by atoms with Crippen molar-refractivity contribution in [3.8, 4) is 0 Å². The molecule has 114 valence electrons. The van der Waals surface area contributed by atoms with E-state index >= 15 is 0 Å². The molecule has 2 aromatic carbocycles. The first-order valence-electron chi connectivity index (χ1n) is 7.05. The van der Waals surface area contributed by atoms with Crippen molar-refractivity contribution in [3.63, 3.8) is 0 Å². The van der Waals surface area contributed by atoms with Crippen LogP contribution in [0.5, 0.6) is 0 Å². The number of halogens is 3. The smallest absolute Gasteiger partial charge is 0.251 e. The first-order valence-corrected chi connectivity index (χ1v) is 7.43. The van der Waals surface area contributed by atoms with Crippen molar-refractivity contribution in [2.75, 3.05) is 0 Å². The summed E-state index contributed by atoms with van der Waals surface area (Å²) in [6, 6.07) is 9.88. The lowest BCUT2D eigenvalue weighted by atomic mass is 10.0. The van der Waals surface area contributed by atoms with Gasteiger partial charge in [0.15, 0.2) is 0 Å². The first-order chi connectivity index (χ1) is 10.5. The third kappa shape index (κ3) is 3.45. The summed E-state index contributed by atoms with van der Waals surface area (Å²) < 4.78 is 26.5. The molecule has 2 aromatic rings. The molecule has 0 spiro atoms. The zero-order chi connectivity index (χ0) is 15.7. The van der Waals surface area contributed by atoms with Crippen LogP contribution in [0.15, 0.2) is 42.5 Å². The minimum atomic E-state index is -0.764. The van der Waals surface area contributed by atoms with Crippen LogP contribution < -0.4 is 5.32 Å². The number of carbonyl (C=O) groups excluding carboxylic acids is 1. The van der Waals surface area contributed by atoms with Crippen LogP contribution in [-0.4, -0.2) is 5.91 Å². The van der Waals surface area contributed by atoms with Crippen molar-refractivity contribution in [1.82, 2.24) is 5.32 Å². The van der Waals surface area contributed by atoms with E-state index in [1.54, 1.807) is 12.1 Å². The van der Waals surface area contributed by atoms with Gasteiger partial charge in [-0.1, -0.05) is 23.7 Å². The number of amides is 1. The molecular weight excluding hydrogens is 308 g/mol. The zero-order valence-corrected chi connectivity index (χ0v) is 12.4. The van der Waals surface area contributed by atoms with Gasteiger partial charge in [0.05, 0.1) is 6.04 Å². The maximum Gasteiger partial charge on any atom is 0.251 e. The van der Waals surface area contributed by atoms with Gasteiger partial charge in [-0.3, -0.25) is 4.79 Å². The lowest BCUT2D eigenvalue weighted by molar-refractivity contribution is 0.0930. The second kappa shape index (κ2) is 6.05. The van der Waals surface area contributed by atoms with Crippen LogP contribution >= 0.6 is 11.6 Å². The molecule has 1 amide bonds. The van der Waals surface area contributed by atoms with Gasteiger partial charge in [-0.05, 0) is 48.6 Å². The van der Waals surface area contributed by atoms with Gasteiger partial charge in [-0.15, -0.1) is 0 Å². The highest BCUT2D eigenvalue weighted by atomic mass is 35.5. The Kier molecular flexibility index (Phi) is 4.12. The summed E-state index contributed by atoms with van der Waals surface area (Å²) in [7, 11) is 0. The zero-order valence-electron chi connectivity index (χ0n) is 11.7. The Balaban J connectivity index is 1.81. The highest BCUT2D eigenvalue weighted by Gasteiger charge is 2.33. The van der Waals surface area contributed by atoms with Crippen LogP contribution in [0.2, 0.25) is 5.02 Å². The second-order valence-electron chi connectivity index (χ2n) is 5.50. The predicted molar refractivity (Wildman–Crippen MR) is 80.7 cm³/mol. The summed E-state index contributed by atoms with van der Waals surface area (Å²) in [5.74, 6) is -1.66. The van der Waals surface area contributed by atoms with Crippen molar-refractivity contribution in [1.29, 1.82) is 0 Å². The summed E-state index contributed by atoms with van der Waals surface area (Å²) >= 11 is 5.88. The fourth-order valence-electron chi connectivity index (χ4n) is 2.48. The average molecular weight is 322 g/mol. The van der Waals surface area contributed by atoms with Crippen molar-refractivity contribution < 1.29 is 13.6 Å². The topological polar surface area (TPSA) is 29.1 Å². The van der Waals surface area contributed by atoms with E-state index in [0.717, 1.165) is 36.6 Å². The third-order valence-corrected chi connectivity index (χ3v) is 3.99. The highest BCUT2D eigenvalue weighted by Crippen LogP contribution is 2.41. The molecule has 3 rings (SSSR count). The van der Waals surface area contributed by atoms with Crippen LogP contribution in [0.3, 0.4) is 0 Å². The van der Waals surface area contributed by atoms with Crippen molar-refractivity contribution >= 4 is 17.5 Å². The lowest BCUT2D eigenvalue weighted by Crippen LogP contribution is -2.30. The molecule has 1 saturated carbocycles. The van der Waals surface area contributed by atoms with E-state index in [4.69, 9.17) is 11.6 Å². The number of carbonyl (C=O) groups is 1. The Morgan fingerprint density at radius 2 is 1.68 bits per heavy atom. The maximum absolute atomic E-state index is 13.2. The molecule has 0 radical (unpaired) electrons. The van der Waals surface area contributed by atoms with Crippen molar-refractivity contribution in [2.45, 2.75) is 18.9 Å². The molecule has 0 unspecified atom stereocenters. The number of nitrogens with one attached hydrogen (secondary N) is 1. The van der Waals surface area contributed by atoms with E-state index in [1.165, 1.54) is 0 Å².